The Bertz CT molecular complexity index is 915. The Morgan fingerprint density at radius 1 is 1.14 bits per heavy atom. The maximum atomic E-state index is 12.5. The zero-order chi connectivity index (χ0) is 20.7. The molecule has 152 valence electrons. The van der Waals surface area contributed by atoms with Gasteiger partial charge in [0.05, 0.1) is 22.2 Å². The fourth-order valence-corrected chi connectivity index (χ4v) is 4.02. The molecule has 0 fully saturated rings. The first-order valence-corrected chi connectivity index (χ1v) is 10.9. The summed E-state index contributed by atoms with van der Waals surface area (Å²) < 4.78 is 26.4. The topological polar surface area (TPSA) is 78.5 Å². The number of nitrogens with zero attached hydrogens (tertiary/aromatic N) is 1. The second-order valence-corrected chi connectivity index (χ2v) is 9.04. The number of carbonyl (C=O) groups is 1. The van der Waals surface area contributed by atoms with E-state index >= 15 is 0 Å². The van der Waals surface area contributed by atoms with Gasteiger partial charge in [0.1, 0.15) is 0 Å². The minimum Gasteiger partial charge on any atom is -0.376 e. The molecule has 0 bridgehead atoms. The van der Waals surface area contributed by atoms with Crippen LogP contribution in [0.4, 0.5) is 11.4 Å². The number of benzene rings is 2. The van der Waals surface area contributed by atoms with Gasteiger partial charge in [-0.15, -0.1) is 0 Å². The Kier molecular flexibility index (Phi) is 7.86. The lowest BCUT2D eigenvalue weighted by atomic mass is 10.2. The normalized spacial score (nSPS) is 11.5. The Labute approximate surface area is 171 Å². The summed E-state index contributed by atoms with van der Waals surface area (Å²) in [6.45, 7) is 4.46. The highest BCUT2D eigenvalue weighted by atomic mass is 35.5. The predicted octanol–water partition coefficient (Wildman–Crippen LogP) is 4.12. The summed E-state index contributed by atoms with van der Waals surface area (Å²) in [6.07, 6.45) is 1.74. The van der Waals surface area contributed by atoms with Crippen molar-refractivity contribution in [2.45, 2.75) is 31.6 Å². The van der Waals surface area contributed by atoms with E-state index in [9.17, 15) is 13.2 Å². The lowest BCUT2D eigenvalue weighted by molar-refractivity contribution is -0.114. The summed E-state index contributed by atoms with van der Waals surface area (Å²) >= 11 is 6.11. The Hall–Kier alpha value is -2.09. The van der Waals surface area contributed by atoms with Crippen molar-refractivity contribution in [1.29, 1.82) is 0 Å². The minimum absolute atomic E-state index is 0.0344. The molecule has 2 rings (SSSR count). The molecule has 0 aromatic heterocycles. The van der Waals surface area contributed by atoms with E-state index in [-0.39, 0.29) is 17.3 Å². The van der Waals surface area contributed by atoms with Gasteiger partial charge in [0.2, 0.25) is 15.9 Å². The summed E-state index contributed by atoms with van der Waals surface area (Å²) in [5.74, 6) is -0.248. The highest BCUT2D eigenvalue weighted by molar-refractivity contribution is 7.89. The average Bonchev–Trinajstić information content (AvgIpc) is 2.67. The largest absolute Gasteiger partial charge is 0.376 e. The lowest BCUT2D eigenvalue weighted by Gasteiger charge is -2.17. The molecule has 2 aromatic rings. The van der Waals surface area contributed by atoms with Gasteiger partial charge >= 0.3 is 0 Å². The van der Waals surface area contributed by atoms with E-state index in [1.807, 2.05) is 19.9 Å². The van der Waals surface area contributed by atoms with Crippen molar-refractivity contribution in [2.75, 3.05) is 30.8 Å². The number of carbonyl (C=O) groups excluding carboxylic acids is 1. The van der Waals surface area contributed by atoms with Crippen LogP contribution < -0.4 is 10.6 Å². The van der Waals surface area contributed by atoms with Gasteiger partial charge in [-0.05, 0) is 55.3 Å². The molecule has 6 nitrogen and oxygen atoms in total. The maximum Gasteiger partial charge on any atom is 0.243 e. The molecule has 0 aliphatic heterocycles. The first-order valence-electron chi connectivity index (χ1n) is 9.10. The van der Waals surface area contributed by atoms with Crippen LogP contribution in [0.5, 0.6) is 0 Å². The van der Waals surface area contributed by atoms with Crippen LogP contribution in [0.15, 0.2) is 47.4 Å². The van der Waals surface area contributed by atoms with Gasteiger partial charge in [-0.3, -0.25) is 4.79 Å². The van der Waals surface area contributed by atoms with Gasteiger partial charge < -0.3 is 10.6 Å². The second-order valence-electron chi connectivity index (χ2n) is 6.59. The van der Waals surface area contributed by atoms with Gasteiger partial charge in [0.25, 0.3) is 0 Å². The smallest absolute Gasteiger partial charge is 0.243 e. The quantitative estimate of drug-likeness (QED) is 0.635. The number of unbranched alkanes of at least 4 members (excludes halogenated alkanes) is 1. The fraction of sp³-hybridized carbons (Fsp3) is 0.350. The molecule has 0 aliphatic rings. The summed E-state index contributed by atoms with van der Waals surface area (Å²) in [5, 5.41) is 6.20. The number of sulfonamides is 1. The number of hydrogen-bond acceptors (Lipinski definition) is 4. The fourth-order valence-electron chi connectivity index (χ4n) is 2.52. The molecular formula is C20H26ClN3O3S. The van der Waals surface area contributed by atoms with Crippen LogP contribution >= 0.6 is 11.6 Å². The number of anilines is 2. The van der Waals surface area contributed by atoms with Gasteiger partial charge in [0, 0.05) is 19.3 Å². The molecule has 0 atom stereocenters. The van der Waals surface area contributed by atoms with Crippen molar-refractivity contribution in [2.24, 2.45) is 0 Å². The zero-order valence-electron chi connectivity index (χ0n) is 16.3. The van der Waals surface area contributed by atoms with Crippen LogP contribution in [0.1, 0.15) is 25.3 Å². The second kappa shape index (κ2) is 9.91. The molecule has 28 heavy (non-hydrogen) atoms. The third-order valence-corrected chi connectivity index (χ3v) is 6.42. The first-order chi connectivity index (χ1) is 13.2. The van der Waals surface area contributed by atoms with E-state index in [1.54, 1.807) is 31.3 Å². The minimum atomic E-state index is -3.50. The van der Waals surface area contributed by atoms with Crippen molar-refractivity contribution in [3.05, 3.63) is 53.1 Å². The summed E-state index contributed by atoms with van der Waals surface area (Å²) in [7, 11) is -1.92. The number of rotatable bonds is 9. The van der Waals surface area contributed by atoms with Gasteiger partial charge in [-0.1, -0.05) is 31.0 Å². The van der Waals surface area contributed by atoms with Crippen molar-refractivity contribution >= 4 is 38.9 Å². The van der Waals surface area contributed by atoms with E-state index in [1.165, 1.54) is 16.4 Å². The van der Waals surface area contributed by atoms with Crippen LogP contribution in [0.3, 0.4) is 0 Å². The van der Waals surface area contributed by atoms with Gasteiger partial charge in [-0.25, -0.2) is 12.7 Å². The zero-order valence-corrected chi connectivity index (χ0v) is 17.9. The highest BCUT2D eigenvalue weighted by Crippen LogP contribution is 2.22. The highest BCUT2D eigenvalue weighted by Gasteiger charge is 2.19. The molecule has 2 N–H and O–H groups in total. The summed E-state index contributed by atoms with van der Waals surface area (Å²) in [4.78, 5) is 12.3. The van der Waals surface area contributed by atoms with Crippen molar-refractivity contribution in [3.63, 3.8) is 0 Å². The van der Waals surface area contributed by atoms with E-state index in [0.29, 0.717) is 22.9 Å². The van der Waals surface area contributed by atoms with Crippen molar-refractivity contribution < 1.29 is 13.2 Å². The number of nitrogens with one attached hydrogen (secondary N) is 2. The van der Waals surface area contributed by atoms with Gasteiger partial charge in [-0.2, -0.15) is 0 Å². The van der Waals surface area contributed by atoms with Crippen LogP contribution in [-0.2, 0) is 14.8 Å². The monoisotopic (exact) mass is 423 g/mol. The molecule has 0 unspecified atom stereocenters. The molecular weight excluding hydrogens is 398 g/mol. The molecule has 0 saturated carbocycles. The number of amides is 1. The Balaban J connectivity index is 1.94. The van der Waals surface area contributed by atoms with Crippen LogP contribution in [0, 0.1) is 6.92 Å². The van der Waals surface area contributed by atoms with E-state index < -0.39 is 10.0 Å². The molecule has 2 aromatic carbocycles. The summed E-state index contributed by atoms with van der Waals surface area (Å²) in [5.41, 5.74) is 2.22. The molecule has 0 saturated heterocycles. The summed E-state index contributed by atoms with van der Waals surface area (Å²) in [6, 6.07) is 11.8. The average molecular weight is 424 g/mol. The first kappa shape index (κ1) is 22.2. The number of halogens is 1. The van der Waals surface area contributed by atoms with E-state index in [2.05, 4.69) is 10.6 Å². The third kappa shape index (κ3) is 5.95. The molecule has 1 amide bonds. The standard InChI is InChI=1S/C20H26ClN3O3S/c1-4-5-12-24(3)28(26,27)17-9-7-16(8-10-17)22-14-20(25)23-19-11-6-15(2)13-18(19)21/h6-11,13,22H,4-5,12,14H2,1-3H3,(H,23,25). The molecule has 0 heterocycles. The SMILES string of the molecule is CCCCN(C)S(=O)(=O)c1ccc(NCC(=O)Nc2ccc(C)cc2Cl)cc1. The predicted molar refractivity (Wildman–Crippen MR) is 114 cm³/mol. The number of hydrogen-bond donors (Lipinski definition) is 2. The third-order valence-electron chi connectivity index (χ3n) is 4.24. The molecule has 0 radical (unpaired) electrons. The van der Waals surface area contributed by atoms with Crippen molar-refractivity contribution in [3.8, 4) is 0 Å². The van der Waals surface area contributed by atoms with Crippen LogP contribution in [-0.4, -0.2) is 38.8 Å². The maximum absolute atomic E-state index is 12.5. The molecule has 8 heteroatoms. The van der Waals surface area contributed by atoms with Crippen LogP contribution in [0.25, 0.3) is 0 Å². The van der Waals surface area contributed by atoms with Crippen LogP contribution in [0.2, 0.25) is 5.02 Å². The molecule has 0 spiro atoms. The Morgan fingerprint density at radius 2 is 1.82 bits per heavy atom. The molecule has 0 aliphatic carbocycles. The van der Waals surface area contributed by atoms with E-state index in [0.717, 1.165) is 18.4 Å². The lowest BCUT2D eigenvalue weighted by Crippen LogP contribution is -2.28. The Morgan fingerprint density at radius 3 is 2.43 bits per heavy atom. The van der Waals surface area contributed by atoms with E-state index in [4.69, 9.17) is 11.6 Å². The van der Waals surface area contributed by atoms with Crippen molar-refractivity contribution in [1.82, 2.24) is 4.31 Å². The van der Waals surface area contributed by atoms with Gasteiger partial charge in [0.15, 0.2) is 0 Å². The number of aryl methyl sites for hydroxylation is 1.